The predicted molar refractivity (Wildman–Crippen MR) is 120 cm³/mol. The molecule has 0 heteroatoms. The second-order valence-corrected chi connectivity index (χ2v) is 7.98. The molecule has 0 N–H and O–H groups in total. The van der Waals surface area contributed by atoms with E-state index in [2.05, 4.69) is 73.3 Å². The van der Waals surface area contributed by atoms with Crippen LogP contribution in [0, 0.1) is 23.7 Å². The molecule has 0 aliphatic rings. The van der Waals surface area contributed by atoms with Crippen molar-refractivity contribution in [2.24, 2.45) is 11.3 Å². The van der Waals surface area contributed by atoms with Crippen molar-refractivity contribution in [2.45, 2.75) is 76.2 Å². The highest BCUT2D eigenvalue weighted by atomic mass is 14.3. The highest BCUT2D eigenvalue weighted by molar-refractivity contribution is 5.35. The van der Waals surface area contributed by atoms with E-state index in [1.807, 2.05) is 20.8 Å². The Morgan fingerprint density at radius 3 is 1.52 bits per heavy atom. The van der Waals surface area contributed by atoms with Crippen LogP contribution in [-0.4, -0.2) is 0 Å². The highest BCUT2D eigenvalue weighted by Gasteiger charge is 2.23. The molecule has 0 rings (SSSR count). The van der Waals surface area contributed by atoms with Crippen LogP contribution in [0.1, 0.15) is 76.2 Å². The number of allylic oxidation sites excluding steroid dienone is 7. The molecule has 0 amide bonds. The average molecular weight is 343 g/mol. The van der Waals surface area contributed by atoms with Crippen molar-refractivity contribution in [3.63, 3.8) is 0 Å². The van der Waals surface area contributed by atoms with Crippen LogP contribution in [0.4, 0.5) is 0 Å². The number of rotatable bonds is 5. The molecule has 0 fully saturated rings. The molecule has 1 atom stereocenters. The molecule has 0 saturated heterocycles. The standard InChI is InChI=1S/C18H28.C6H10.CH4/c1-10-17(18(7,8)9)12-16(14(4)5)11-15(6)13(2)3;1-5(2)6(3)4;/h1,11,17H,2,12H2,3-9H3;1,3H2,2,4H3;1H4/b15-11-;;. The average Bonchev–Trinajstić information content (AvgIpc) is 2.41. The van der Waals surface area contributed by atoms with E-state index in [1.54, 1.807) is 0 Å². The molecule has 0 nitrogen and oxygen atoms in total. The molecule has 142 valence electrons. The zero-order valence-electron chi connectivity index (χ0n) is 17.6. The minimum Gasteiger partial charge on any atom is -0.120 e. The molecule has 0 bridgehead atoms. The minimum absolute atomic E-state index is 0. The second kappa shape index (κ2) is 12.6. The zero-order chi connectivity index (χ0) is 19.7. The van der Waals surface area contributed by atoms with Crippen LogP contribution in [0.3, 0.4) is 0 Å². The maximum atomic E-state index is 5.69. The van der Waals surface area contributed by atoms with Crippen LogP contribution in [0.2, 0.25) is 0 Å². The Morgan fingerprint density at radius 1 is 0.920 bits per heavy atom. The Balaban J connectivity index is -0.000000592. The quantitative estimate of drug-likeness (QED) is 0.348. The van der Waals surface area contributed by atoms with Gasteiger partial charge in [0.2, 0.25) is 0 Å². The van der Waals surface area contributed by atoms with Gasteiger partial charge < -0.3 is 0 Å². The maximum Gasteiger partial charge on any atom is 0.0289 e. The molecule has 0 aromatic heterocycles. The fourth-order valence-electron chi connectivity index (χ4n) is 1.63. The molecular weight excluding hydrogens is 300 g/mol. The largest absolute Gasteiger partial charge is 0.120 e. The Bertz CT molecular complexity index is 546. The van der Waals surface area contributed by atoms with E-state index in [4.69, 9.17) is 6.42 Å². The fourth-order valence-corrected chi connectivity index (χ4v) is 1.63. The summed E-state index contributed by atoms with van der Waals surface area (Å²) in [6.45, 7) is 30.2. The molecule has 0 saturated carbocycles. The van der Waals surface area contributed by atoms with Crippen molar-refractivity contribution in [1.82, 2.24) is 0 Å². The first kappa shape index (κ1) is 28.1. The number of hydrogen-bond acceptors (Lipinski definition) is 0. The van der Waals surface area contributed by atoms with Gasteiger partial charge in [-0.2, -0.15) is 0 Å². The van der Waals surface area contributed by atoms with Crippen molar-refractivity contribution in [3.05, 3.63) is 59.3 Å². The smallest absolute Gasteiger partial charge is 0.0289 e. The van der Waals surface area contributed by atoms with Crippen LogP contribution in [0.15, 0.2) is 59.3 Å². The Morgan fingerprint density at radius 2 is 1.32 bits per heavy atom. The van der Waals surface area contributed by atoms with E-state index in [1.165, 1.54) is 16.7 Å². The van der Waals surface area contributed by atoms with E-state index in [0.29, 0.717) is 0 Å². The van der Waals surface area contributed by atoms with Gasteiger partial charge in [-0.15, -0.1) is 12.3 Å². The lowest BCUT2D eigenvalue weighted by molar-refractivity contribution is 0.302. The lowest BCUT2D eigenvalue weighted by atomic mass is 9.77. The molecular formula is C25H42. The number of terminal acetylenes is 1. The van der Waals surface area contributed by atoms with E-state index in [0.717, 1.165) is 23.1 Å². The SMILES string of the molecule is C.C#CC(CC(/C=C(/C)C(=C)C)=C(C)C)C(C)(C)C.C=C(C)C(=C)C. The van der Waals surface area contributed by atoms with Crippen LogP contribution in [0.25, 0.3) is 0 Å². The van der Waals surface area contributed by atoms with Gasteiger partial charge in [-0.05, 0) is 64.5 Å². The van der Waals surface area contributed by atoms with Crippen molar-refractivity contribution in [3.8, 4) is 12.3 Å². The molecule has 1 unspecified atom stereocenters. The molecule has 0 aromatic rings. The highest BCUT2D eigenvalue weighted by Crippen LogP contribution is 2.32. The first-order chi connectivity index (χ1) is 10.7. The normalized spacial score (nSPS) is 11.8. The van der Waals surface area contributed by atoms with Crippen LogP contribution in [-0.2, 0) is 0 Å². The third-order valence-corrected chi connectivity index (χ3v) is 4.11. The van der Waals surface area contributed by atoms with Crippen molar-refractivity contribution in [2.75, 3.05) is 0 Å². The van der Waals surface area contributed by atoms with Gasteiger partial charge >= 0.3 is 0 Å². The molecule has 25 heavy (non-hydrogen) atoms. The Kier molecular flexibility index (Phi) is 14.1. The Hall–Kier alpha value is -1.74. The summed E-state index contributed by atoms with van der Waals surface area (Å²) in [6.07, 6.45) is 8.85. The molecule has 0 aromatic carbocycles. The topological polar surface area (TPSA) is 0 Å². The fraction of sp³-hybridized carbons (Fsp3) is 0.520. The van der Waals surface area contributed by atoms with E-state index in [-0.39, 0.29) is 18.8 Å². The maximum absolute atomic E-state index is 5.69. The summed E-state index contributed by atoms with van der Waals surface area (Å²) in [6, 6.07) is 0. The number of hydrogen-bond donors (Lipinski definition) is 0. The van der Waals surface area contributed by atoms with Gasteiger partial charge in [0.1, 0.15) is 0 Å². The third-order valence-electron chi connectivity index (χ3n) is 4.11. The first-order valence-electron chi connectivity index (χ1n) is 8.52. The van der Waals surface area contributed by atoms with E-state index >= 15 is 0 Å². The van der Waals surface area contributed by atoms with Gasteiger partial charge in [-0.25, -0.2) is 0 Å². The molecule has 0 heterocycles. The van der Waals surface area contributed by atoms with Crippen molar-refractivity contribution in [1.29, 1.82) is 0 Å². The van der Waals surface area contributed by atoms with Gasteiger partial charge in [-0.1, -0.05) is 76.3 Å². The molecule has 0 aliphatic carbocycles. The molecule has 0 spiro atoms. The van der Waals surface area contributed by atoms with Crippen molar-refractivity contribution < 1.29 is 0 Å². The van der Waals surface area contributed by atoms with Gasteiger partial charge in [0.05, 0.1) is 0 Å². The van der Waals surface area contributed by atoms with Crippen LogP contribution >= 0.6 is 0 Å². The lowest BCUT2D eigenvalue weighted by Crippen LogP contribution is -2.19. The van der Waals surface area contributed by atoms with Gasteiger partial charge in [0.25, 0.3) is 0 Å². The summed E-state index contributed by atoms with van der Waals surface area (Å²) in [4.78, 5) is 0. The Labute approximate surface area is 159 Å². The summed E-state index contributed by atoms with van der Waals surface area (Å²) >= 11 is 0. The second-order valence-electron chi connectivity index (χ2n) is 7.98. The van der Waals surface area contributed by atoms with Crippen LogP contribution in [0.5, 0.6) is 0 Å². The summed E-state index contributed by atoms with van der Waals surface area (Å²) < 4.78 is 0. The summed E-state index contributed by atoms with van der Waals surface area (Å²) in [7, 11) is 0. The van der Waals surface area contributed by atoms with Gasteiger partial charge in [0.15, 0.2) is 0 Å². The molecule has 0 radical (unpaired) electrons. The first-order valence-corrected chi connectivity index (χ1v) is 8.52. The molecule has 0 aliphatic heterocycles. The zero-order valence-corrected chi connectivity index (χ0v) is 17.6. The van der Waals surface area contributed by atoms with E-state index < -0.39 is 0 Å². The van der Waals surface area contributed by atoms with E-state index in [9.17, 15) is 0 Å². The van der Waals surface area contributed by atoms with Gasteiger partial charge in [0, 0.05) is 5.92 Å². The predicted octanol–water partition coefficient (Wildman–Crippen LogP) is 8.31. The summed E-state index contributed by atoms with van der Waals surface area (Å²) in [5.74, 6) is 3.20. The lowest BCUT2D eigenvalue weighted by Gasteiger charge is -2.27. The minimum atomic E-state index is 0. The van der Waals surface area contributed by atoms with Gasteiger partial charge in [-0.3, -0.25) is 0 Å². The third kappa shape index (κ3) is 13.2. The summed E-state index contributed by atoms with van der Waals surface area (Å²) in [5, 5.41) is 0. The monoisotopic (exact) mass is 342 g/mol. The van der Waals surface area contributed by atoms with Crippen molar-refractivity contribution >= 4 is 0 Å². The van der Waals surface area contributed by atoms with Crippen LogP contribution < -0.4 is 0 Å². The summed E-state index contributed by atoms with van der Waals surface area (Å²) in [5.41, 5.74) is 7.29.